The van der Waals surface area contributed by atoms with Gasteiger partial charge < -0.3 is 9.47 Å². The molecular weight excluding hydrogens is 416 g/mol. The van der Waals surface area contributed by atoms with Crippen molar-refractivity contribution >= 4 is 17.6 Å². The summed E-state index contributed by atoms with van der Waals surface area (Å²) in [5.74, 6) is -2.69. The van der Waals surface area contributed by atoms with Crippen LogP contribution in [0.5, 0.6) is 0 Å². The van der Waals surface area contributed by atoms with Crippen molar-refractivity contribution in [3.8, 4) is 0 Å². The van der Waals surface area contributed by atoms with Crippen molar-refractivity contribution in [3.05, 3.63) is 77.9 Å². The van der Waals surface area contributed by atoms with Gasteiger partial charge in [0.05, 0.1) is 25.2 Å². The summed E-state index contributed by atoms with van der Waals surface area (Å²) in [6, 6.07) is 12.3. The van der Waals surface area contributed by atoms with Gasteiger partial charge in [0.2, 0.25) is 5.91 Å². The highest BCUT2D eigenvalue weighted by Crippen LogP contribution is 2.29. The molecular formula is C25H27F2NO4. The average molecular weight is 443 g/mol. The standard InChI is InChI=1S/C25H27F2NO4/c1-16(2)23-15-32-25(30)28(23)24(29)19(14-31-13-18-7-5-4-6-8-18)11-17(3)21-10-9-20(26)12-22(21)27/h4-10,12,16,19,23H,3,11,13-15H2,1-2H3/t19-,23-/m1/s1. The number of rotatable bonds is 9. The van der Waals surface area contributed by atoms with E-state index in [2.05, 4.69) is 6.58 Å². The Morgan fingerprint density at radius 1 is 1.22 bits per heavy atom. The second-order valence-corrected chi connectivity index (χ2v) is 8.23. The van der Waals surface area contributed by atoms with Crippen LogP contribution in [-0.2, 0) is 20.9 Å². The fraction of sp³-hybridized carbons (Fsp3) is 0.360. The molecule has 2 atom stereocenters. The highest BCUT2D eigenvalue weighted by atomic mass is 19.1. The van der Waals surface area contributed by atoms with E-state index >= 15 is 0 Å². The number of hydrogen-bond acceptors (Lipinski definition) is 4. The minimum atomic E-state index is -0.789. The molecule has 1 fully saturated rings. The van der Waals surface area contributed by atoms with Crippen LogP contribution in [0, 0.1) is 23.5 Å². The molecule has 0 unspecified atom stereocenters. The summed E-state index contributed by atoms with van der Waals surface area (Å²) in [6.07, 6.45) is -0.648. The van der Waals surface area contributed by atoms with Crippen molar-refractivity contribution in [1.29, 1.82) is 0 Å². The van der Waals surface area contributed by atoms with E-state index in [-0.39, 0.29) is 43.8 Å². The summed E-state index contributed by atoms with van der Waals surface area (Å²) in [6.45, 7) is 8.12. The van der Waals surface area contributed by atoms with E-state index in [4.69, 9.17) is 9.47 Å². The number of imide groups is 1. The molecule has 1 saturated heterocycles. The summed E-state index contributed by atoms with van der Waals surface area (Å²) in [5, 5.41) is 0. The molecule has 2 aromatic carbocycles. The minimum absolute atomic E-state index is 0.00412. The van der Waals surface area contributed by atoms with Crippen molar-refractivity contribution in [2.75, 3.05) is 13.2 Å². The van der Waals surface area contributed by atoms with Gasteiger partial charge in [-0.1, -0.05) is 50.8 Å². The van der Waals surface area contributed by atoms with Gasteiger partial charge in [-0.15, -0.1) is 0 Å². The predicted molar refractivity (Wildman–Crippen MR) is 116 cm³/mol. The molecule has 170 valence electrons. The Balaban J connectivity index is 1.78. The number of amides is 2. The number of carbonyl (C=O) groups is 2. The van der Waals surface area contributed by atoms with E-state index in [0.29, 0.717) is 5.57 Å². The topological polar surface area (TPSA) is 55.8 Å². The lowest BCUT2D eigenvalue weighted by atomic mass is 9.93. The van der Waals surface area contributed by atoms with Gasteiger partial charge in [-0.3, -0.25) is 4.79 Å². The highest BCUT2D eigenvalue weighted by molar-refractivity contribution is 5.95. The van der Waals surface area contributed by atoms with Gasteiger partial charge in [0.25, 0.3) is 0 Å². The van der Waals surface area contributed by atoms with Crippen LogP contribution in [0.3, 0.4) is 0 Å². The van der Waals surface area contributed by atoms with E-state index in [1.807, 2.05) is 44.2 Å². The lowest BCUT2D eigenvalue weighted by Gasteiger charge is -2.27. The SMILES string of the molecule is C=C(C[C@H](COCc1ccccc1)C(=O)N1C(=O)OC[C@@H]1C(C)C)c1ccc(F)cc1F. The van der Waals surface area contributed by atoms with Crippen LogP contribution in [0.2, 0.25) is 0 Å². The van der Waals surface area contributed by atoms with Crippen molar-refractivity contribution < 1.29 is 27.8 Å². The zero-order valence-electron chi connectivity index (χ0n) is 18.2. The monoisotopic (exact) mass is 443 g/mol. The Kier molecular flexibility index (Phi) is 7.75. The largest absolute Gasteiger partial charge is 0.447 e. The lowest BCUT2D eigenvalue weighted by molar-refractivity contribution is -0.136. The maximum absolute atomic E-state index is 14.3. The number of allylic oxidation sites excluding steroid dienone is 1. The maximum Gasteiger partial charge on any atom is 0.416 e. The average Bonchev–Trinajstić information content (AvgIpc) is 3.15. The summed E-state index contributed by atoms with van der Waals surface area (Å²) in [5.41, 5.74) is 1.37. The first kappa shape index (κ1) is 23.6. The van der Waals surface area contributed by atoms with E-state index in [1.54, 1.807) is 0 Å². The first-order valence-corrected chi connectivity index (χ1v) is 10.5. The summed E-state index contributed by atoms with van der Waals surface area (Å²) < 4.78 is 38.4. The van der Waals surface area contributed by atoms with Crippen molar-refractivity contribution in [2.45, 2.75) is 32.9 Å². The Hall–Kier alpha value is -3.06. The van der Waals surface area contributed by atoms with Gasteiger partial charge >= 0.3 is 6.09 Å². The third-order valence-corrected chi connectivity index (χ3v) is 5.50. The zero-order valence-corrected chi connectivity index (χ0v) is 18.2. The van der Waals surface area contributed by atoms with Gasteiger partial charge in [0.15, 0.2) is 0 Å². The highest BCUT2D eigenvalue weighted by Gasteiger charge is 2.42. The molecule has 2 aromatic rings. The van der Waals surface area contributed by atoms with Crippen LogP contribution in [0.25, 0.3) is 5.57 Å². The van der Waals surface area contributed by atoms with Crippen LogP contribution in [0.15, 0.2) is 55.1 Å². The molecule has 0 radical (unpaired) electrons. The molecule has 7 heteroatoms. The van der Waals surface area contributed by atoms with E-state index in [0.717, 1.165) is 22.6 Å². The Bertz CT molecular complexity index is 977. The molecule has 0 bridgehead atoms. The van der Waals surface area contributed by atoms with Crippen LogP contribution in [0.4, 0.5) is 13.6 Å². The summed E-state index contributed by atoms with van der Waals surface area (Å²) >= 11 is 0. The van der Waals surface area contributed by atoms with E-state index in [9.17, 15) is 18.4 Å². The van der Waals surface area contributed by atoms with Crippen molar-refractivity contribution in [1.82, 2.24) is 4.90 Å². The van der Waals surface area contributed by atoms with E-state index < -0.39 is 29.6 Å². The third-order valence-electron chi connectivity index (χ3n) is 5.50. The van der Waals surface area contributed by atoms with E-state index in [1.165, 1.54) is 6.07 Å². The van der Waals surface area contributed by atoms with Gasteiger partial charge in [-0.25, -0.2) is 18.5 Å². The molecule has 0 N–H and O–H groups in total. The Morgan fingerprint density at radius 3 is 2.59 bits per heavy atom. The lowest BCUT2D eigenvalue weighted by Crippen LogP contribution is -2.46. The molecule has 0 spiro atoms. The van der Waals surface area contributed by atoms with Crippen LogP contribution in [-0.4, -0.2) is 36.2 Å². The first-order valence-electron chi connectivity index (χ1n) is 10.5. The molecule has 0 aromatic heterocycles. The van der Waals surface area contributed by atoms with Gasteiger partial charge in [0.1, 0.15) is 18.2 Å². The van der Waals surface area contributed by atoms with Gasteiger partial charge in [0, 0.05) is 11.6 Å². The summed E-state index contributed by atoms with van der Waals surface area (Å²) in [7, 11) is 0. The van der Waals surface area contributed by atoms with Crippen LogP contribution in [0.1, 0.15) is 31.4 Å². The number of halogens is 2. The smallest absolute Gasteiger partial charge is 0.416 e. The normalized spacial score (nSPS) is 16.8. The Morgan fingerprint density at radius 2 is 1.94 bits per heavy atom. The van der Waals surface area contributed by atoms with Crippen LogP contribution < -0.4 is 0 Å². The van der Waals surface area contributed by atoms with Gasteiger partial charge in [-0.2, -0.15) is 0 Å². The number of ether oxygens (including phenoxy) is 2. The molecule has 1 heterocycles. The molecule has 0 aliphatic carbocycles. The second-order valence-electron chi connectivity index (χ2n) is 8.23. The number of hydrogen-bond donors (Lipinski definition) is 0. The van der Waals surface area contributed by atoms with Crippen LogP contribution >= 0.6 is 0 Å². The number of carbonyl (C=O) groups excluding carboxylic acids is 2. The van der Waals surface area contributed by atoms with Crippen molar-refractivity contribution in [2.24, 2.45) is 11.8 Å². The quantitative estimate of drug-likeness (QED) is 0.534. The molecule has 1 aliphatic rings. The molecule has 3 rings (SSSR count). The predicted octanol–water partition coefficient (Wildman–Crippen LogP) is 5.20. The molecule has 0 saturated carbocycles. The maximum atomic E-state index is 14.3. The Labute approximate surface area is 186 Å². The molecule has 1 aliphatic heterocycles. The number of benzene rings is 2. The molecule has 5 nitrogen and oxygen atoms in total. The fourth-order valence-corrected chi connectivity index (χ4v) is 3.67. The molecule has 2 amide bonds. The third kappa shape index (κ3) is 5.59. The first-order chi connectivity index (χ1) is 15.3. The van der Waals surface area contributed by atoms with Crippen molar-refractivity contribution in [3.63, 3.8) is 0 Å². The second kappa shape index (κ2) is 10.5. The number of nitrogens with zero attached hydrogens (tertiary/aromatic N) is 1. The van der Waals surface area contributed by atoms with Gasteiger partial charge in [-0.05, 0) is 35.6 Å². The molecule has 32 heavy (non-hydrogen) atoms. The number of cyclic esters (lactones) is 1. The summed E-state index contributed by atoms with van der Waals surface area (Å²) in [4.78, 5) is 26.8. The zero-order chi connectivity index (χ0) is 23.3. The minimum Gasteiger partial charge on any atom is -0.447 e. The fourth-order valence-electron chi connectivity index (χ4n) is 3.67.